The van der Waals surface area contributed by atoms with E-state index < -0.39 is 23.7 Å². The topological polar surface area (TPSA) is 84.9 Å². The number of nitrogens with one attached hydrogen (secondary N) is 1. The number of benzene rings is 2. The summed E-state index contributed by atoms with van der Waals surface area (Å²) in [5, 5.41) is 11.6. The lowest BCUT2D eigenvalue weighted by molar-refractivity contribution is -0.137. The minimum Gasteiger partial charge on any atom is -0.481 e. The Hall–Kier alpha value is -3.35. The zero-order valence-electron chi connectivity index (χ0n) is 13.6. The van der Waals surface area contributed by atoms with Crippen LogP contribution in [0, 0.1) is 5.82 Å². The summed E-state index contributed by atoms with van der Waals surface area (Å²) < 4.78 is 23.9. The molecule has 1 heterocycles. The second-order valence-corrected chi connectivity index (χ2v) is 5.66. The van der Waals surface area contributed by atoms with Gasteiger partial charge in [0, 0.05) is 6.08 Å². The van der Waals surface area contributed by atoms with Crippen LogP contribution in [0.25, 0.3) is 6.08 Å². The molecule has 0 aliphatic carbocycles. The Morgan fingerprint density at radius 3 is 2.77 bits per heavy atom. The minimum atomic E-state index is -1.10. The Balaban J connectivity index is 1.70. The van der Waals surface area contributed by atoms with Gasteiger partial charge < -0.3 is 19.9 Å². The molecule has 6 nitrogen and oxygen atoms in total. The summed E-state index contributed by atoms with van der Waals surface area (Å²) in [6, 6.07) is 9.88. The number of aliphatic carboxylic acids is 1. The van der Waals surface area contributed by atoms with E-state index in [-0.39, 0.29) is 13.2 Å². The summed E-state index contributed by atoms with van der Waals surface area (Å²) in [6.45, 7) is 0.160. The van der Waals surface area contributed by atoms with Gasteiger partial charge in [-0.1, -0.05) is 18.2 Å². The summed E-state index contributed by atoms with van der Waals surface area (Å²) in [7, 11) is 0. The summed E-state index contributed by atoms with van der Waals surface area (Å²) in [6.07, 6.45) is 2.50. The van der Waals surface area contributed by atoms with Gasteiger partial charge >= 0.3 is 5.97 Å². The Morgan fingerprint density at radius 2 is 2.00 bits per heavy atom. The maximum absolute atomic E-state index is 13.4. The van der Waals surface area contributed by atoms with E-state index in [1.165, 1.54) is 24.3 Å². The second-order valence-electron chi connectivity index (χ2n) is 5.66. The van der Waals surface area contributed by atoms with E-state index in [9.17, 15) is 14.0 Å². The number of ether oxygens (including phenoxy) is 2. The van der Waals surface area contributed by atoms with Gasteiger partial charge in [0.15, 0.2) is 11.5 Å². The maximum atomic E-state index is 13.4. The Kier molecular flexibility index (Phi) is 5.17. The summed E-state index contributed by atoms with van der Waals surface area (Å²) in [5.74, 6) is -0.851. The number of rotatable bonds is 6. The van der Waals surface area contributed by atoms with Crippen molar-refractivity contribution in [3.05, 3.63) is 65.5 Å². The number of carboxylic acid groups (broad SMARTS) is 1. The molecule has 1 amide bonds. The van der Waals surface area contributed by atoms with Gasteiger partial charge in [0.1, 0.15) is 5.82 Å². The largest absolute Gasteiger partial charge is 0.481 e. The zero-order chi connectivity index (χ0) is 18.5. The molecule has 3 rings (SSSR count). The van der Waals surface area contributed by atoms with Crippen LogP contribution in [0.5, 0.6) is 11.5 Å². The molecular weight excluding hydrogens is 341 g/mol. The first-order valence-electron chi connectivity index (χ1n) is 7.87. The quantitative estimate of drug-likeness (QED) is 0.777. The average molecular weight is 357 g/mol. The van der Waals surface area contributed by atoms with Crippen LogP contribution >= 0.6 is 0 Å². The molecule has 0 saturated carbocycles. The van der Waals surface area contributed by atoms with Crippen LogP contribution in [-0.2, 0) is 9.59 Å². The van der Waals surface area contributed by atoms with Crippen molar-refractivity contribution in [2.24, 2.45) is 0 Å². The fourth-order valence-corrected chi connectivity index (χ4v) is 2.56. The fraction of sp³-hybridized carbons (Fsp3) is 0.158. The third-order valence-electron chi connectivity index (χ3n) is 3.77. The van der Waals surface area contributed by atoms with Crippen molar-refractivity contribution in [2.45, 2.75) is 12.5 Å². The first kappa shape index (κ1) is 17.5. The highest BCUT2D eigenvalue weighted by Crippen LogP contribution is 2.32. The van der Waals surface area contributed by atoms with E-state index in [2.05, 4.69) is 5.32 Å². The molecule has 2 N–H and O–H groups in total. The number of amides is 1. The van der Waals surface area contributed by atoms with Crippen LogP contribution in [0.2, 0.25) is 0 Å². The normalized spacial score (nSPS) is 13.6. The lowest BCUT2D eigenvalue weighted by Crippen LogP contribution is -2.28. The minimum absolute atomic E-state index is 0.160. The van der Waals surface area contributed by atoms with Gasteiger partial charge in [0.25, 0.3) is 0 Å². The summed E-state index contributed by atoms with van der Waals surface area (Å²) in [5.41, 5.74) is 1.11. The molecule has 0 saturated heterocycles. The van der Waals surface area contributed by atoms with Gasteiger partial charge in [0.2, 0.25) is 12.7 Å². The number of fused-ring (bicyclic) bond motifs is 1. The highest BCUT2D eigenvalue weighted by atomic mass is 19.1. The van der Waals surface area contributed by atoms with Crippen molar-refractivity contribution >= 4 is 18.0 Å². The summed E-state index contributed by atoms with van der Waals surface area (Å²) in [4.78, 5) is 23.2. The standard InChI is InChI=1S/C19H16FNO5/c20-14-3-1-2-13(9-14)15(10-19(23)24)21-18(22)7-5-12-4-6-16-17(8-12)26-11-25-16/h1-9,15H,10-11H2,(H,21,22)(H,23,24)/b7-5+. The third-order valence-corrected chi connectivity index (χ3v) is 3.77. The zero-order valence-corrected chi connectivity index (χ0v) is 13.6. The van der Waals surface area contributed by atoms with E-state index in [4.69, 9.17) is 14.6 Å². The molecule has 0 radical (unpaired) electrons. The molecule has 1 aliphatic heterocycles. The Morgan fingerprint density at radius 1 is 1.19 bits per heavy atom. The molecule has 26 heavy (non-hydrogen) atoms. The SMILES string of the molecule is O=C(O)CC(NC(=O)/C=C/c1ccc2c(c1)OCO2)c1cccc(F)c1. The first-order chi connectivity index (χ1) is 12.5. The molecule has 1 unspecified atom stereocenters. The van der Waals surface area contributed by atoms with E-state index in [0.29, 0.717) is 17.1 Å². The highest BCUT2D eigenvalue weighted by molar-refractivity contribution is 5.92. The molecule has 0 spiro atoms. The monoisotopic (exact) mass is 357 g/mol. The molecule has 1 atom stereocenters. The van der Waals surface area contributed by atoms with Gasteiger partial charge in [0.05, 0.1) is 12.5 Å². The van der Waals surface area contributed by atoms with Crippen molar-refractivity contribution in [1.29, 1.82) is 0 Å². The molecule has 7 heteroatoms. The van der Waals surface area contributed by atoms with Gasteiger partial charge in [-0.15, -0.1) is 0 Å². The smallest absolute Gasteiger partial charge is 0.305 e. The molecule has 0 bridgehead atoms. The average Bonchev–Trinajstić information content (AvgIpc) is 3.07. The van der Waals surface area contributed by atoms with Crippen LogP contribution in [0.1, 0.15) is 23.6 Å². The van der Waals surface area contributed by atoms with Gasteiger partial charge in [-0.2, -0.15) is 0 Å². The highest BCUT2D eigenvalue weighted by Gasteiger charge is 2.18. The van der Waals surface area contributed by atoms with Gasteiger partial charge in [-0.25, -0.2) is 4.39 Å². The lowest BCUT2D eigenvalue weighted by atomic mass is 10.0. The van der Waals surface area contributed by atoms with Crippen molar-refractivity contribution in [3.8, 4) is 11.5 Å². The molecule has 0 aromatic heterocycles. The molecule has 1 aliphatic rings. The number of hydrogen-bond acceptors (Lipinski definition) is 4. The molecule has 134 valence electrons. The molecular formula is C19H16FNO5. The van der Waals surface area contributed by atoms with Crippen LogP contribution in [0.3, 0.4) is 0 Å². The van der Waals surface area contributed by atoms with Crippen molar-refractivity contribution in [3.63, 3.8) is 0 Å². The number of carbonyl (C=O) groups is 2. The number of hydrogen-bond donors (Lipinski definition) is 2. The first-order valence-corrected chi connectivity index (χ1v) is 7.87. The van der Waals surface area contributed by atoms with E-state index in [1.54, 1.807) is 30.3 Å². The number of carboxylic acids is 1. The fourth-order valence-electron chi connectivity index (χ4n) is 2.56. The van der Waals surface area contributed by atoms with Crippen molar-refractivity contribution < 1.29 is 28.6 Å². The predicted molar refractivity (Wildman–Crippen MR) is 91.1 cm³/mol. The predicted octanol–water partition coefficient (Wildman–Crippen LogP) is 2.90. The van der Waals surface area contributed by atoms with E-state index >= 15 is 0 Å². The third kappa shape index (κ3) is 4.38. The van der Waals surface area contributed by atoms with E-state index in [0.717, 1.165) is 5.56 Å². The van der Waals surface area contributed by atoms with Crippen LogP contribution in [0.4, 0.5) is 4.39 Å². The number of halogens is 1. The van der Waals surface area contributed by atoms with Gasteiger partial charge in [-0.05, 0) is 41.5 Å². The Bertz CT molecular complexity index is 865. The van der Waals surface area contributed by atoms with Crippen LogP contribution in [-0.4, -0.2) is 23.8 Å². The van der Waals surface area contributed by atoms with Crippen LogP contribution < -0.4 is 14.8 Å². The van der Waals surface area contributed by atoms with Crippen molar-refractivity contribution in [1.82, 2.24) is 5.32 Å². The molecule has 0 fully saturated rings. The molecule has 2 aromatic rings. The lowest BCUT2D eigenvalue weighted by Gasteiger charge is -2.16. The number of carbonyl (C=O) groups excluding carboxylic acids is 1. The second kappa shape index (κ2) is 7.69. The van der Waals surface area contributed by atoms with Crippen LogP contribution in [0.15, 0.2) is 48.5 Å². The maximum Gasteiger partial charge on any atom is 0.305 e. The van der Waals surface area contributed by atoms with Crippen molar-refractivity contribution in [2.75, 3.05) is 6.79 Å². The Labute approximate surface area is 148 Å². The van der Waals surface area contributed by atoms with E-state index in [1.807, 2.05) is 0 Å². The van der Waals surface area contributed by atoms with Gasteiger partial charge in [-0.3, -0.25) is 9.59 Å². The molecule has 2 aromatic carbocycles. The summed E-state index contributed by atoms with van der Waals surface area (Å²) >= 11 is 0.